The lowest BCUT2D eigenvalue weighted by Crippen LogP contribution is -1.86. The Labute approximate surface area is 69.8 Å². The lowest BCUT2D eigenvalue weighted by molar-refractivity contribution is 0.811. The van der Waals surface area contributed by atoms with Crippen LogP contribution in [0.3, 0.4) is 0 Å². The van der Waals surface area contributed by atoms with Crippen LogP contribution in [0.25, 0.3) is 0 Å². The van der Waals surface area contributed by atoms with E-state index in [0.29, 0.717) is 5.38 Å². The summed E-state index contributed by atoms with van der Waals surface area (Å²) in [5.74, 6) is 0.778. The molecular formula is C8H9ClS. The third kappa shape index (κ3) is 1.21. The topological polar surface area (TPSA) is 0 Å². The van der Waals surface area contributed by atoms with Crippen molar-refractivity contribution in [1.82, 2.24) is 0 Å². The zero-order valence-electron chi connectivity index (χ0n) is 5.59. The van der Waals surface area contributed by atoms with Gasteiger partial charge in [-0.3, -0.25) is 0 Å². The van der Waals surface area contributed by atoms with Crippen LogP contribution in [0.4, 0.5) is 0 Å². The van der Waals surface area contributed by atoms with Crippen LogP contribution < -0.4 is 0 Å². The molecule has 1 aliphatic rings. The van der Waals surface area contributed by atoms with E-state index in [0.717, 1.165) is 5.92 Å². The number of alkyl halides is 1. The van der Waals surface area contributed by atoms with Crippen LogP contribution in [-0.4, -0.2) is 0 Å². The van der Waals surface area contributed by atoms with Crippen LogP contribution in [0.15, 0.2) is 17.5 Å². The van der Waals surface area contributed by atoms with Gasteiger partial charge in [0, 0.05) is 4.88 Å². The Morgan fingerprint density at radius 3 is 2.90 bits per heavy atom. The van der Waals surface area contributed by atoms with Gasteiger partial charge in [0.15, 0.2) is 0 Å². The fourth-order valence-electron chi connectivity index (χ4n) is 1.07. The van der Waals surface area contributed by atoms with E-state index in [1.165, 1.54) is 17.7 Å². The lowest BCUT2D eigenvalue weighted by Gasteiger charge is -2.01. The van der Waals surface area contributed by atoms with Crippen LogP contribution in [0.1, 0.15) is 23.1 Å². The van der Waals surface area contributed by atoms with E-state index >= 15 is 0 Å². The van der Waals surface area contributed by atoms with Crippen molar-refractivity contribution in [1.29, 1.82) is 0 Å². The first-order valence-electron chi connectivity index (χ1n) is 3.55. The Balaban J connectivity index is 2.11. The molecule has 1 heterocycles. The van der Waals surface area contributed by atoms with Crippen LogP contribution in [0.2, 0.25) is 0 Å². The van der Waals surface area contributed by atoms with Crippen LogP contribution in [0, 0.1) is 5.92 Å². The number of hydrogen-bond acceptors (Lipinski definition) is 1. The second-order valence-electron chi connectivity index (χ2n) is 2.75. The summed E-state index contributed by atoms with van der Waals surface area (Å²) in [5.41, 5.74) is 0. The molecule has 2 rings (SSSR count). The lowest BCUT2D eigenvalue weighted by atomic mass is 10.2. The second-order valence-corrected chi connectivity index (χ2v) is 4.20. The third-order valence-electron chi connectivity index (χ3n) is 1.85. The van der Waals surface area contributed by atoms with Crippen molar-refractivity contribution in [3.63, 3.8) is 0 Å². The van der Waals surface area contributed by atoms with Crippen molar-refractivity contribution in [2.24, 2.45) is 5.92 Å². The molecule has 0 aromatic carbocycles. The molecular weight excluding hydrogens is 164 g/mol. The minimum atomic E-state index is 0.306. The maximum absolute atomic E-state index is 6.16. The minimum Gasteiger partial charge on any atom is -0.147 e. The highest BCUT2D eigenvalue weighted by molar-refractivity contribution is 7.10. The Kier molecular flexibility index (Phi) is 1.71. The summed E-state index contributed by atoms with van der Waals surface area (Å²) >= 11 is 7.92. The standard InChI is InChI=1S/C8H9ClS/c9-8(6-3-4-6)7-2-1-5-10-7/h1-2,5-6,8H,3-4H2. The summed E-state index contributed by atoms with van der Waals surface area (Å²) in [6.07, 6.45) is 2.65. The summed E-state index contributed by atoms with van der Waals surface area (Å²) in [5, 5.41) is 2.40. The Morgan fingerprint density at radius 1 is 1.60 bits per heavy atom. The molecule has 1 aliphatic carbocycles. The molecule has 0 bridgehead atoms. The largest absolute Gasteiger partial charge is 0.147 e. The van der Waals surface area contributed by atoms with E-state index in [9.17, 15) is 0 Å². The summed E-state index contributed by atoms with van der Waals surface area (Å²) < 4.78 is 0. The van der Waals surface area contributed by atoms with Gasteiger partial charge in [-0.2, -0.15) is 0 Å². The molecule has 0 N–H and O–H groups in total. The minimum absolute atomic E-state index is 0.306. The van der Waals surface area contributed by atoms with Gasteiger partial charge in [-0.25, -0.2) is 0 Å². The highest BCUT2D eigenvalue weighted by atomic mass is 35.5. The number of thiophene rings is 1. The predicted octanol–water partition coefficient (Wildman–Crippen LogP) is 3.44. The molecule has 0 saturated heterocycles. The first kappa shape index (κ1) is 6.68. The molecule has 1 aromatic heterocycles. The average Bonchev–Trinajstić information content (AvgIpc) is 2.65. The Bertz CT molecular complexity index is 201. The molecule has 0 amide bonds. The Hall–Kier alpha value is -0.0100. The first-order chi connectivity index (χ1) is 4.88. The van der Waals surface area contributed by atoms with E-state index < -0.39 is 0 Å². The van der Waals surface area contributed by atoms with Gasteiger partial charge < -0.3 is 0 Å². The molecule has 1 unspecified atom stereocenters. The highest BCUT2D eigenvalue weighted by Crippen LogP contribution is 2.46. The van der Waals surface area contributed by atoms with E-state index in [1.807, 2.05) is 0 Å². The zero-order chi connectivity index (χ0) is 6.97. The molecule has 0 radical (unpaired) electrons. The first-order valence-corrected chi connectivity index (χ1v) is 4.87. The van der Waals surface area contributed by atoms with Gasteiger partial charge in [0.05, 0.1) is 5.38 Å². The van der Waals surface area contributed by atoms with Crippen LogP contribution in [0.5, 0.6) is 0 Å². The molecule has 54 valence electrons. The quantitative estimate of drug-likeness (QED) is 0.600. The molecule has 1 aromatic rings. The molecule has 1 atom stereocenters. The maximum Gasteiger partial charge on any atom is 0.0706 e. The van der Waals surface area contributed by atoms with E-state index in [4.69, 9.17) is 11.6 Å². The van der Waals surface area contributed by atoms with Gasteiger partial charge in [0.2, 0.25) is 0 Å². The summed E-state index contributed by atoms with van der Waals surface area (Å²) in [6.45, 7) is 0. The van der Waals surface area contributed by atoms with Crippen molar-refractivity contribution in [3.8, 4) is 0 Å². The van der Waals surface area contributed by atoms with E-state index in [2.05, 4.69) is 17.5 Å². The van der Waals surface area contributed by atoms with E-state index in [-0.39, 0.29) is 0 Å². The molecule has 0 aliphatic heterocycles. The molecule has 10 heavy (non-hydrogen) atoms. The second kappa shape index (κ2) is 2.55. The van der Waals surface area contributed by atoms with Gasteiger partial charge in [-0.1, -0.05) is 6.07 Å². The van der Waals surface area contributed by atoms with E-state index in [1.54, 1.807) is 11.3 Å². The maximum atomic E-state index is 6.16. The fraction of sp³-hybridized carbons (Fsp3) is 0.500. The van der Waals surface area contributed by atoms with Gasteiger partial charge in [0.25, 0.3) is 0 Å². The summed E-state index contributed by atoms with van der Waals surface area (Å²) in [4.78, 5) is 1.34. The van der Waals surface area contributed by atoms with Gasteiger partial charge in [-0.05, 0) is 30.2 Å². The predicted molar refractivity (Wildman–Crippen MR) is 45.6 cm³/mol. The van der Waals surface area contributed by atoms with Crippen molar-refractivity contribution in [3.05, 3.63) is 22.4 Å². The smallest absolute Gasteiger partial charge is 0.0706 e. The van der Waals surface area contributed by atoms with Crippen molar-refractivity contribution < 1.29 is 0 Å². The van der Waals surface area contributed by atoms with Crippen molar-refractivity contribution in [2.75, 3.05) is 0 Å². The molecule has 1 fully saturated rings. The SMILES string of the molecule is ClC(c1cccs1)C1CC1. The molecule has 0 spiro atoms. The zero-order valence-corrected chi connectivity index (χ0v) is 7.16. The van der Waals surface area contributed by atoms with Gasteiger partial charge >= 0.3 is 0 Å². The number of halogens is 1. The molecule has 2 heteroatoms. The summed E-state index contributed by atoms with van der Waals surface area (Å²) in [7, 11) is 0. The fourth-order valence-corrected chi connectivity index (χ4v) is 2.34. The highest BCUT2D eigenvalue weighted by Gasteiger charge is 2.31. The number of hydrogen-bond donors (Lipinski definition) is 0. The van der Waals surface area contributed by atoms with Gasteiger partial charge in [0.1, 0.15) is 0 Å². The van der Waals surface area contributed by atoms with Crippen molar-refractivity contribution >= 4 is 22.9 Å². The third-order valence-corrected chi connectivity index (χ3v) is 3.53. The van der Waals surface area contributed by atoms with Crippen LogP contribution in [-0.2, 0) is 0 Å². The molecule has 1 saturated carbocycles. The monoisotopic (exact) mass is 172 g/mol. The van der Waals surface area contributed by atoms with Gasteiger partial charge in [-0.15, -0.1) is 22.9 Å². The Morgan fingerprint density at radius 2 is 2.40 bits per heavy atom. The van der Waals surface area contributed by atoms with Crippen molar-refractivity contribution in [2.45, 2.75) is 18.2 Å². The average molecular weight is 173 g/mol. The summed E-state index contributed by atoms with van der Waals surface area (Å²) in [6, 6.07) is 4.19. The van der Waals surface area contributed by atoms with Crippen LogP contribution >= 0.6 is 22.9 Å². The number of rotatable bonds is 2. The molecule has 0 nitrogen and oxygen atoms in total. The normalized spacial score (nSPS) is 20.9.